The van der Waals surface area contributed by atoms with Gasteiger partial charge in [0.05, 0.1) is 28.7 Å². The number of carbonyl (C=O) groups is 1. The van der Waals surface area contributed by atoms with Gasteiger partial charge in [0.25, 0.3) is 0 Å². The zero-order valence-electron chi connectivity index (χ0n) is 15.9. The van der Waals surface area contributed by atoms with Gasteiger partial charge >= 0.3 is 0 Å². The minimum Gasteiger partial charge on any atom is -0.396 e. The molecule has 4 N–H and O–H groups in total. The van der Waals surface area contributed by atoms with E-state index in [-0.39, 0.29) is 11.9 Å². The summed E-state index contributed by atoms with van der Waals surface area (Å²) in [6.45, 7) is 4.18. The molecule has 0 saturated carbocycles. The summed E-state index contributed by atoms with van der Waals surface area (Å²) in [6.07, 6.45) is 6.17. The maximum absolute atomic E-state index is 12.9. The van der Waals surface area contributed by atoms with E-state index in [0.29, 0.717) is 40.7 Å². The molecule has 1 amide bonds. The highest BCUT2D eigenvalue weighted by atomic mass is 32.1. The molecular weight excluding hydrogens is 374 g/mol. The smallest absolute Gasteiger partial charge is 0.250 e. The summed E-state index contributed by atoms with van der Waals surface area (Å²) in [5.74, 6) is 1.09. The highest BCUT2D eigenvalue weighted by Gasteiger charge is 2.53. The number of aromatic nitrogens is 3. The second-order valence-corrected chi connectivity index (χ2v) is 7.80. The largest absolute Gasteiger partial charge is 0.396 e. The fourth-order valence-corrected chi connectivity index (χ4v) is 4.81. The van der Waals surface area contributed by atoms with Gasteiger partial charge in [0, 0.05) is 17.6 Å². The number of hydrogen-bond donors (Lipinski definition) is 3. The van der Waals surface area contributed by atoms with Gasteiger partial charge in [0.15, 0.2) is 11.6 Å². The molecule has 1 fully saturated rings. The lowest BCUT2D eigenvalue weighted by atomic mass is 9.90. The van der Waals surface area contributed by atoms with E-state index >= 15 is 0 Å². The van der Waals surface area contributed by atoms with Crippen molar-refractivity contribution in [1.29, 1.82) is 5.41 Å². The normalized spacial score (nSPS) is 24.3. The lowest BCUT2D eigenvalue weighted by molar-refractivity contribution is -0.121. The average molecular weight is 398 g/mol. The van der Waals surface area contributed by atoms with Gasteiger partial charge in [-0.25, -0.2) is 15.0 Å². The summed E-state index contributed by atoms with van der Waals surface area (Å²) in [5.41, 5.74) is 9.36. The van der Waals surface area contributed by atoms with Crippen molar-refractivity contribution < 1.29 is 4.79 Å². The molecule has 2 aromatic heterocycles. The van der Waals surface area contributed by atoms with Crippen molar-refractivity contribution in [2.45, 2.75) is 51.1 Å². The Kier molecular flexibility index (Phi) is 4.62. The van der Waals surface area contributed by atoms with Gasteiger partial charge < -0.3 is 21.4 Å². The van der Waals surface area contributed by atoms with Gasteiger partial charge in [-0.3, -0.25) is 4.79 Å². The molecule has 2 aromatic rings. The van der Waals surface area contributed by atoms with Gasteiger partial charge in [-0.05, 0) is 25.7 Å². The van der Waals surface area contributed by atoms with Crippen LogP contribution in [0.3, 0.4) is 0 Å². The molecule has 0 spiro atoms. The van der Waals surface area contributed by atoms with Gasteiger partial charge in [-0.15, -0.1) is 11.3 Å². The third-order valence-electron chi connectivity index (χ3n) is 5.82. The number of thiazole rings is 1. The summed E-state index contributed by atoms with van der Waals surface area (Å²) in [5, 5.41) is 12.7. The maximum Gasteiger partial charge on any atom is 0.250 e. The van der Waals surface area contributed by atoms with Crippen LogP contribution in [0.15, 0.2) is 17.1 Å². The molecule has 2 aliphatic rings. The summed E-state index contributed by atoms with van der Waals surface area (Å²) in [4.78, 5) is 28.5. The molecule has 8 nitrogen and oxygen atoms in total. The van der Waals surface area contributed by atoms with Gasteiger partial charge in [0.1, 0.15) is 11.2 Å². The second-order valence-electron chi connectivity index (χ2n) is 7.09. The van der Waals surface area contributed by atoms with E-state index in [0.717, 1.165) is 25.5 Å². The Balaban J connectivity index is 1.86. The molecular formula is C19H23N7OS. The monoisotopic (exact) mass is 397 g/mol. The summed E-state index contributed by atoms with van der Waals surface area (Å²) < 4.78 is 0. The predicted molar refractivity (Wildman–Crippen MR) is 111 cm³/mol. The number of rotatable bonds is 5. The molecule has 2 atom stereocenters. The van der Waals surface area contributed by atoms with E-state index in [4.69, 9.17) is 16.1 Å². The first-order valence-corrected chi connectivity index (χ1v) is 10.4. The van der Waals surface area contributed by atoms with Crippen molar-refractivity contribution in [3.8, 4) is 0 Å². The SMILES string of the molecule is CC[C@@H]1CC[C@@]2(CC)C(=O)Nc3cnc(/C(C=N)=C(/N)c4cscn4)nc3N12. The molecule has 1 saturated heterocycles. The first-order chi connectivity index (χ1) is 13.6. The van der Waals surface area contributed by atoms with Crippen molar-refractivity contribution in [1.82, 2.24) is 15.0 Å². The average Bonchev–Trinajstić information content (AvgIpc) is 3.37. The quantitative estimate of drug-likeness (QED) is 0.667. The number of hydrogen-bond acceptors (Lipinski definition) is 8. The molecule has 146 valence electrons. The topological polar surface area (TPSA) is 121 Å². The van der Waals surface area contributed by atoms with Crippen molar-refractivity contribution >= 4 is 46.2 Å². The molecule has 2 aliphatic heterocycles. The van der Waals surface area contributed by atoms with Gasteiger partial charge in [-0.1, -0.05) is 13.8 Å². The van der Waals surface area contributed by atoms with Crippen molar-refractivity contribution in [2.75, 3.05) is 10.2 Å². The lowest BCUT2D eigenvalue weighted by Crippen LogP contribution is -2.58. The predicted octanol–water partition coefficient (Wildman–Crippen LogP) is 2.89. The van der Waals surface area contributed by atoms with E-state index in [2.05, 4.69) is 27.1 Å². The van der Waals surface area contributed by atoms with Crippen LogP contribution in [-0.4, -0.2) is 38.7 Å². The van der Waals surface area contributed by atoms with Crippen LogP contribution >= 0.6 is 11.3 Å². The number of nitrogens with two attached hydrogens (primary N) is 1. The Morgan fingerprint density at radius 2 is 2.32 bits per heavy atom. The minimum atomic E-state index is -0.575. The van der Waals surface area contributed by atoms with Crippen molar-refractivity contribution in [3.63, 3.8) is 0 Å². The van der Waals surface area contributed by atoms with E-state index in [1.165, 1.54) is 11.3 Å². The summed E-state index contributed by atoms with van der Waals surface area (Å²) in [6, 6.07) is 0.246. The number of allylic oxidation sites excluding steroid dienone is 1. The molecule has 9 heteroatoms. The zero-order chi connectivity index (χ0) is 19.9. The van der Waals surface area contributed by atoms with Crippen LogP contribution in [0, 0.1) is 5.41 Å². The summed E-state index contributed by atoms with van der Waals surface area (Å²) in [7, 11) is 0. The highest BCUT2D eigenvalue weighted by molar-refractivity contribution is 7.07. The molecule has 0 bridgehead atoms. The van der Waals surface area contributed by atoms with Crippen LogP contribution in [0.25, 0.3) is 11.3 Å². The molecule has 28 heavy (non-hydrogen) atoms. The number of nitrogens with one attached hydrogen (secondary N) is 2. The van der Waals surface area contributed by atoms with Crippen molar-refractivity contribution in [2.24, 2.45) is 5.73 Å². The second kappa shape index (κ2) is 6.97. The molecule has 0 aromatic carbocycles. The van der Waals surface area contributed by atoms with E-state index < -0.39 is 5.54 Å². The third kappa shape index (κ3) is 2.61. The number of nitrogens with zero attached hydrogens (tertiary/aromatic N) is 4. The Morgan fingerprint density at radius 1 is 1.50 bits per heavy atom. The minimum absolute atomic E-state index is 0.0135. The number of carbonyl (C=O) groups excluding carboxylic acids is 1. The van der Waals surface area contributed by atoms with Crippen LogP contribution in [0.2, 0.25) is 0 Å². The fourth-order valence-electron chi connectivity index (χ4n) is 4.26. The Hall–Kier alpha value is -2.81. The van der Waals surface area contributed by atoms with Crippen molar-refractivity contribution in [3.05, 3.63) is 28.6 Å². The molecule has 0 unspecified atom stereocenters. The highest BCUT2D eigenvalue weighted by Crippen LogP contribution is 2.47. The van der Waals surface area contributed by atoms with Crippen LogP contribution in [0.1, 0.15) is 51.0 Å². The number of fused-ring (bicyclic) bond motifs is 3. The molecule has 4 heterocycles. The number of amides is 1. The molecule has 4 rings (SSSR count). The van der Waals surface area contributed by atoms with Gasteiger partial charge in [0.2, 0.25) is 5.91 Å². The van der Waals surface area contributed by atoms with Gasteiger partial charge in [-0.2, -0.15) is 0 Å². The first kappa shape index (κ1) is 18.5. The lowest BCUT2D eigenvalue weighted by Gasteiger charge is -2.44. The maximum atomic E-state index is 12.9. The van der Waals surface area contributed by atoms with Crippen LogP contribution in [0.4, 0.5) is 11.5 Å². The van der Waals surface area contributed by atoms with Crippen LogP contribution in [-0.2, 0) is 4.79 Å². The standard InChI is InChI=1S/C19H23N7OS/c1-3-11-5-6-19(4-2)18(27)24-13-8-22-16(25-17(13)26(11)19)12(7-20)15(21)14-9-28-10-23-14/h7-11,20H,3-6,21H2,1-2H3,(H,24,27)/b15-12+,20-7?/t11-,19+/m1/s1. The Morgan fingerprint density at radius 3 is 2.96 bits per heavy atom. The zero-order valence-corrected chi connectivity index (χ0v) is 16.7. The summed E-state index contributed by atoms with van der Waals surface area (Å²) >= 11 is 1.44. The Labute approximate surface area is 167 Å². The Bertz CT molecular complexity index is 955. The fraction of sp³-hybridized carbons (Fsp3) is 0.421. The molecule has 0 aliphatic carbocycles. The molecule has 0 radical (unpaired) electrons. The van der Waals surface area contributed by atoms with Crippen LogP contribution < -0.4 is 16.0 Å². The van der Waals surface area contributed by atoms with E-state index in [1.54, 1.807) is 11.7 Å². The first-order valence-electron chi connectivity index (χ1n) is 9.42. The third-order valence-corrected chi connectivity index (χ3v) is 6.41. The van der Waals surface area contributed by atoms with E-state index in [1.807, 2.05) is 12.3 Å². The number of anilines is 2. The van der Waals surface area contributed by atoms with Crippen LogP contribution in [0.5, 0.6) is 0 Å². The van der Waals surface area contributed by atoms with E-state index in [9.17, 15) is 4.79 Å².